The van der Waals surface area contributed by atoms with Crippen molar-refractivity contribution in [3.63, 3.8) is 0 Å². The van der Waals surface area contributed by atoms with Crippen molar-refractivity contribution in [2.45, 2.75) is 17.1 Å². The third kappa shape index (κ3) is 7.41. The number of ether oxygens (including phenoxy) is 2. The number of anilines is 2. The van der Waals surface area contributed by atoms with E-state index in [2.05, 4.69) is 16.0 Å². The number of para-hydroxylation sites is 1. The molecule has 12 heteroatoms. The summed E-state index contributed by atoms with van der Waals surface area (Å²) in [5.41, 5.74) is 0.998. The van der Waals surface area contributed by atoms with Crippen LogP contribution in [0.2, 0.25) is 0 Å². The van der Waals surface area contributed by atoms with E-state index in [-0.39, 0.29) is 29.6 Å². The van der Waals surface area contributed by atoms with E-state index in [9.17, 15) is 24.5 Å². The highest BCUT2D eigenvalue weighted by molar-refractivity contribution is 8.00. The summed E-state index contributed by atoms with van der Waals surface area (Å²) in [6.45, 7) is 1.89. The van der Waals surface area contributed by atoms with Crippen molar-refractivity contribution >= 4 is 52.6 Å². The van der Waals surface area contributed by atoms with Gasteiger partial charge < -0.3 is 25.4 Å². The lowest BCUT2D eigenvalue weighted by Crippen LogP contribution is -2.30. The first kappa shape index (κ1) is 29.9. The number of nitrogens with zero attached hydrogens (tertiary/aromatic N) is 1. The Labute approximate surface area is 256 Å². The van der Waals surface area contributed by atoms with E-state index in [1.807, 2.05) is 0 Å². The summed E-state index contributed by atoms with van der Waals surface area (Å²) >= 11 is 1.28. The molecule has 222 valence electrons. The predicted octanol–water partition coefficient (Wildman–Crippen LogP) is 5.85. The first-order chi connectivity index (χ1) is 21.3. The van der Waals surface area contributed by atoms with Crippen molar-refractivity contribution in [3.05, 3.63) is 124 Å². The highest BCUT2D eigenvalue weighted by atomic mass is 32.2. The van der Waals surface area contributed by atoms with Crippen LogP contribution in [-0.4, -0.2) is 34.7 Å². The van der Waals surface area contributed by atoms with Crippen LogP contribution in [0.4, 0.5) is 17.1 Å². The van der Waals surface area contributed by atoms with Gasteiger partial charge in [0.05, 0.1) is 15.7 Å². The first-order valence-corrected chi connectivity index (χ1v) is 14.2. The van der Waals surface area contributed by atoms with Crippen LogP contribution in [0, 0.1) is 10.1 Å². The molecule has 0 saturated heterocycles. The monoisotopic (exact) mass is 610 g/mol. The average Bonchev–Trinajstić information content (AvgIpc) is 3.49. The highest BCUT2D eigenvalue weighted by Crippen LogP contribution is 2.35. The number of nitrogens with one attached hydrogen (secondary N) is 3. The van der Waals surface area contributed by atoms with Gasteiger partial charge in [-0.05, 0) is 61.5 Å². The summed E-state index contributed by atoms with van der Waals surface area (Å²) in [6.07, 6.45) is 1.26. The number of thioether (sulfide) groups is 1. The molecule has 0 fully saturated rings. The molecule has 3 N–H and O–H groups in total. The fourth-order valence-electron chi connectivity index (χ4n) is 4.20. The Morgan fingerprint density at radius 2 is 1.59 bits per heavy atom. The van der Waals surface area contributed by atoms with Crippen LogP contribution in [0.25, 0.3) is 6.08 Å². The number of rotatable bonds is 10. The summed E-state index contributed by atoms with van der Waals surface area (Å²) in [7, 11) is 0. The van der Waals surface area contributed by atoms with E-state index < -0.39 is 22.0 Å². The molecule has 1 unspecified atom stereocenters. The van der Waals surface area contributed by atoms with Crippen molar-refractivity contribution in [3.8, 4) is 11.5 Å². The molecule has 4 aromatic rings. The molecule has 0 radical (unpaired) electrons. The molecule has 0 aliphatic carbocycles. The molecule has 0 bridgehead atoms. The molecule has 0 saturated carbocycles. The van der Waals surface area contributed by atoms with Gasteiger partial charge in [0, 0.05) is 34.0 Å². The van der Waals surface area contributed by atoms with Gasteiger partial charge in [-0.3, -0.25) is 24.5 Å². The number of nitro groups is 1. The molecule has 1 aliphatic rings. The molecule has 0 aromatic heterocycles. The number of hydrogen-bond donors (Lipinski definition) is 3. The van der Waals surface area contributed by atoms with Crippen LogP contribution < -0.4 is 25.4 Å². The topological polar surface area (TPSA) is 149 Å². The number of benzene rings is 4. The summed E-state index contributed by atoms with van der Waals surface area (Å²) in [5, 5.41) is 19.3. The second-order valence-electron chi connectivity index (χ2n) is 9.49. The molecule has 44 heavy (non-hydrogen) atoms. The van der Waals surface area contributed by atoms with Gasteiger partial charge in [-0.25, -0.2) is 0 Å². The van der Waals surface area contributed by atoms with Crippen LogP contribution >= 0.6 is 11.8 Å². The van der Waals surface area contributed by atoms with Crippen molar-refractivity contribution in [2.24, 2.45) is 0 Å². The molecule has 4 aromatic carbocycles. The van der Waals surface area contributed by atoms with Gasteiger partial charge in [0.25, 0.3) is 17.5 Å². The normalized spacial score (nSPS) is 12.6. The minimum atomic E-state index is -0.691. The zero-order chi connectivity index (χ0) is 31.1. The van der Waals surface area contributed by atoms with E-state index in [4.69, 9.17) is 9.47 Å². The maximum Gasteiger partial charge on any atom is 0.276 e. The number of hydrogen-bond acceptors (Lipinski definition) is 8. The van der Waals surface area contributed by atoms with Gasteiger partial charge >= 0.3 is 0 Å². The first-order valence-electron chi connectivity index (χ1n) is 13.4. The summed E-state index contributed by atoms with van der Waals surface area (Å²) in [4.78, 5) is 50.9. The van der Waals surface area contributed by atoms with E-state index in [1.54, 1.807) is 85.8 Å². The van der Waals surface area contributed by atoms with Crippen molar-refractivity contribution in [2.75, 3.05) is 17.4 Å². The Kier molecular flexibility index (Phi) is 9.21. The molecular formula is C32H26N4O7S. The zero-order valence-corrected chi connectivity index (χ0v) is 24.1. The van der Waals surface area contributed by atoms with Crippen molar-refractivity contribution < 1.29 is 28.8 Å². The van der Waals surface area contributed by atoms with E-state index in [1.165, 1.54) is 36.0 Å². The molecule has 1 aliphatic heterocycles. The molecular weight excluding hydrogens is 584 g/mol. The van der Waals surface area contributed by atoms with Crippen LogP contribution in [0.3, 0.4) is 0 Å². The molecule has 11 nitrogen and oxygen atoms in total. The molecule has 5 rings (SSSR count). The maximum atomic E-state index is 13.4. The average molecular weight is 611 g/mol. The van der Waals surface area contributed by atoms with Crippen LogP contribution in [0.5, 0.6) is 11.5 Å². The quantitative estimate of drug-likeness (QED) is 0.0876. The summed E-state index contributed by atoms with van der Waals surface area (Å²) in [6, 6.07) is 26.2. The van der Waals surface area contributed by atoms with Gasteiger partial charge in [0.1, 0.15) is 5.70 Å². The molecule has 1 heterocycles. The lowest BCUT2D eigenvalue weighted by Gasteiger charge is -2.14. The maximum absolute atomic E-state index is 13.4. The molecule has 3 amide bonds. The Morgan fingerprint density at radius 3 is 2.39 bits per heavy atom. The van der Waals surface area contributed by atoms with Gasteiger partial charge in [-0.2, -0.15) is 0 Å². The second-order valence-corrected chi connectivity index (χ2v) is 10.9. The summed E-state index contributed by atoms with van der Waals surface area (Å²) in [5.74, 6) is -0.312. The number of carbonyl (C=O) groups excluding carboxylic acids is 3. The summed E-state index contributed by atoms with van der Waals surface area (Å²) < 4.78 is 10.7. The number of carbonyl (C=O) groups is 3. The Bertz CT molecular complexity index is 1760. The van der Waals surface area contributed by atoms with Crippen LogP contribution in [0.1, 0.15) is 22.8 Å². The van der Waals surface area contributed by atoms with Crippen LogP contribution in [-0.2, 0) is 9.59 Å². The minimum Gasteiger partial charge on any atom is -0.454 e. The smallest absolute Gasteiger partial charge is 0.276 e. The molecule has 1 atom stereocenters. The standard InChI is InChI=1S/C32H26N4O7S/c1-20(30(37)33-24-14-15-28-29(18-24)43-19-42-28)44-25-12-7-11-23(17-25)34-32(39)26(35-31(38)21-8-3-2-4-9-21)16-22-10-5-6-13-27(22)36(40)41/h2-18,20H,19H2,1H3,(H,33,37)(H,34,39)(H,35,38)/b26-16+. The van der Waals surface area contributed by atoms with Crippen molar-refractivity contribution in [1.82, 2.24) is 5.32 Å². The lowest BCUT2D eigenvalue weighted by atomic mass is 10.1. The number of nitro benzene ring substituents is 1. The Balaban J connectivity index is 1.31. The van der Waals surface area contributed by atoms with Gasteiger partial charge in [0.15, 0.2) is 11.5 Å². The zero-order valence-electron chi connectivity index (χ0n) is 23.3. The van der Waals surface area contributed by atoms with Crippen LogP contribution in [0.15, 0.2) is 108 Å². The van der Waals surface area contributed by atoms with Crippen molar-refractivity contribution in [1.29, 1.82) is 0 Å². The largest absolute Gasteiger partial charge is 0.454 e. The lowest BCUT2D eigenvalue weighted by molar-refractivity contribution is -0.385. The van der Waals surface area contributed by atoms with E-state index >= 15 is 0 Å². The van der Waals surface area contributed by atoms with Gasteiger partial charge in [0.2, 0.25) is 12.7 Å². The third-order valence-electron chi connectivity index (χ3n) is 6.38. The third-order valence-corrected chi connectivity index (χ3v) is 7.47. The van der Waals surface area contributed by atoms with Gasteiger partial charge in [-0.1, -0.05) is 36.4 Å². The Morgan fingerprint density at radius 1 is 0.864 bits per heavy atom. The fourth-order valence-corrected chi connectivity index (χ4v) is 5.12. The van der Waals surface area contributed by atoms with E-state index in [0.29, 0.717) is 33.3 Å². The second kappa shape index (κ2) is 13.6. The number of amides is 3. The predicted molar refractivity (Wildman–Crippen MR) is 167 cm³/mol. The highest BCUT2D eigenvalue weighted by Gasteiger charge is 2.20. The molecule has 0 spiro atoms. The number of fused-ring (bicyclic) bond motifs is 1. The van der Waals surface area contributed by atoms with E-state index in [0.717, 1.165) is 0 Å². The van der Waals surface area contributed by atoms with Gasteiger partial charge in [-0.15, -0.1) is 11.8 Å². The fraction of sp³-hybridized carbons (Fsp3) is 0.0938. The SMILES string of the molecule is CC(Sc1cccc(NC(=O)/C(=C\c2ccccc2[N+](=O)[O-])NC(=O)c2ccccc2)c1)C(=O)Nc1ccc2c(c1)OCO2. The minimum absolute atomic E-state index is 0.134. The Hall–Kier alpha value is -5.62.